The maximum atomic E-state index is 9.11. The molecule has 5 aromatic carbocycles. The molecular formula is C48H42IrN2O-2. The number of hydrogen-bond donors (Lipinski definition) is 0. The Hall–Kier alpha value is -4.89. The molecule has 3 heterocycles. The van der Waals surface area contributed by atoms with E-state index >= 15 is 0 Å². The van der Waals surface area contributed by atoms with Crippen molar-refractivity contribution in [2.75, 3.05) is 0 Å². The second kappa shape index (κ2) is 15.0. The third-order valence-electron chi connectivity index (χ3n) is 10.0. The average molecular weight is 862 g/mol. The largest absolute Gasteiger partial charge is 0.500 e. The average Bonchev–Trinajstić information content (AvgIpc) is 3.62. The minimum absolute atomic E-state index is 0. The number of rotatable bonds is 4. The first-order valence-corrected chi connectivity index (χ1v) is 17.4. The Kier molecular flexibility index (Phi) is 7.99. The van der Waals surface area contributed by atoms with Crippen LogP contribution in [0.4, 0.5) is 0 Å². The summed E-state index contributed by atoms with van der Waals surface area (Å²) in [5.41, 5.74) is 8.67. The summed E-state index contributed by atoms with van der Waals surface area (Å²) < 4.78 is 59.3. The Balaban J connectivity index is 0.000000214. The number of aryl methyl sites for hydroxylation is 2. The fourth-order valence-corrected chi connectivity index (χ4v) is 6.96. The van der Waals surface area contributed by atoms with Crippen LogP contribution in [0.2, 0.25) is 0 Å². The van der Waals surface area contributed by atoms with Crippen molar-refractivity contribution in [1.29, 1.82) is 0 Å². The van der Waals surface area contributed by atoms with Crippen molar-refractivity contribution in [2.45, 2.75) is 59.1 Å². The zero-order valence-corrected chi connectivity index (χ0v) is 31.5. The maximum absolute atomic E-state index is 9.11. The van der Waals surface area contributed by atoms with Crippen LogP contribution in [-0.4, -0.2) is 9.97 Å². The molecule has 0 spiro atoms. The Morgan fingerprint density at radius 2 is 1.52 bits per heavy atom. The van der Waals surface area contributed by atoms with Gasteiger partial charge in [0.1, 0.15) is 5.58 Å². The predicted octanol–water partition coefficient (Wildman–Crippen LogP) is 13.1. The number of pyridine rings is 2. The van der Waals surface area contributed by atoms with Crippen LogP contribution in [0.25, 0.3) is 66.4 Å². The first-order valence-electron chi connectivity index (χ1n) is 20.9. The summed E-state index contributed by atoms with van der Waals surface area (Å²) in [6.07, 6.45) is 7.21. The molecule has 3 aromatic heterocycles. The molecular weight excluding hydrogens is 813 g/mol. The topological polar surface area (TPSA) is 38.9 Å². The van der Waals surface area contributed by atoms with Gasteiger partial charge < -0.3 is 14.4 Å². The summed E-state index contributed by atoms with van der Waals surface area (Å²) in [6, 6.07) is 43.3. The van der Waals surface area contributed by atoms with E-state index in [4.69, 9.17) is 19.0 Å². The van der Waals surface area contributed by atoms with Crippen molar-refractivity contribution in [1.82, 2.24) is 9.97 Å². The second-order valence-corrected chi connectivity index (χ2v) is 14.1. The van der Waals surface area contributed by atoms with Crippen LogP contribution in [0.3, 0.4) is 0 Å². The van der Waals surface area contributed by atoms with E-state index in [1.165, 1.54) is 29.8 Å². The molecule has 52 heavy (non-hydrogen) atoms. The summed E-state index contributed by atoms with van der Waals surface area (Å²) in [7, 11) is 0. The fraction of sp³-hybridized carbons (Fsp3) is 0.208. The Labute approximate surface area is 330 Å². The van der Waals surface area contributed by atoms with Crippen molar-refractivity contribution in [2.24, 2.45) is 5.41 Å². The van der Waals surface area contributed by atoms with Crippen molar-refractivity contribution in [3.63, 3.8) is 0 Å². The monoisotopic (exact) mass is 862 g/mol. The second-order valence-electron chi connectivity index (χ2n) is 14.1. The molecule has 261 valence electrons. The number of benzene rings is 5. The van der Waals surface area contributed by atoms with Gasteiger partial charge in [-0.25, -0.2) is 0 Å². The van der Waals surface area contributed by atoms with Gasteiger partial charge in [-0.15, -0.1) is 53.6 Å². The quantitative estimate of drug-likeness (QED) is 0.166. The van der Waals surface area contributed by atoms with Crippen LogP contribution in [-0.2, 0) is 20.1 Å². The van der Waals surface area contributed by atoms with E-state index in [1.807, 2.05) is 18.3 Å². The van der Waals surface area contributed by atoms with Gasteiger partial charge in [0, 0.05) is 52.9 Å². The first-order chi connectivity index (χ1) is 27.6. The molecule has 0 N–H and O–H groups in total. The molecule has 1 aliphatic carbocycles. The van der Waals surface area contributed by atoms with E-state index in [9.17, 15) is 0 Å². The van der Waals surface area contributed by atoms with Gasteiger partial charge in [0.25, 0.3) is 0 Å². The molecule has 0 aliphatic heterocycles. The third-order valence-corrected chi connectivity index (χ3v) is 10.0. The van der Waals surface area contributed by atoms with Crippen molar-refractivity contribution in [3.05, 3.63) is 156 Å². The van der Waals surface area contributed by atoms with Crippen molar-refractivity contribution in [3.8, 4) is 33.6 Å². The van der Waals surface area contributed by atoms with Crippen LogP contribution in [0.5, 0.6) is 0 Å². The molecule has 1 radical (unpaired) electrons. The van der Waals surface area contributed by atoms with Gasteiger partial charge in [-0.05, 0) is 88.9 Å². The SMILES string of the molecule is [2H]C([2H])([2H])c1c[c-]c(-c2ccc(C([2H])([2H])[2H])cn2)cc1.[2H]C1(c2ccc(-c3ccnc(-c4[c-]ccc5c4oc4c6ccccc6ccc54)c3)cc2)CCC(C)(C)CC1.[Ir]. The molecule has 1 aliphatic rings. The molecule has 3 nitrogen and oxygen atoms in total. The summed E-state index contributed by atoms with van der Waals surface area (Å²) >= 11 is 0. The summed E-state index contributed by atoms with van der Waals surface area (Å²) in [5, 5.41) is 4.46. The number of furan rings is 1. The minimum Gasteiger partial charge on any atom is -0.500 e. The third kappa shape index (κ3) is 7.37. The summed E-state index contributed by atoms with van der Waals surface area (Å²) in [5.74, 6) is -0.479. The molecule has 1 fully saturated rings. The number of fused-ring (bicyclic) bond motifs is 5. The van der Waals surface area contributed by atoms with E-state index in [2.05, 4.69) is 104 Å². The molecule has 0 unspecified atom stereocenters. The number of nitrogens with zero attached hydrogens (tertiary/aromatic N) is 2. The molecule has 0 saturated heterocycles. The molecule has 4 heteroatoms. The van der Waals surface area contributed by atoms with Gasteiger partial charge in [-0.2, -0.15) is 0 Å². The summed E-state index contributed by atoms with van der Waals surface area (Å²) in [4.78, 5) is 8.79. The van der Waals surface area contributed by atoms with Crippen LogP contribution in [0.15, 0.2) is 132 Å². The Morgan fingerprint density at radius 1 is 0.731 bits per heavy atom. The van der Waals surface area contributed by atoms with Gasteiger partial charge in [-0.1, -0.05) is 111 Å². The van der Waals surface area contributed by atoms with Gasteiger partial charge >= 0.3 is 0 Å². The van der Waals surface area contributed by atoms with Crippen molar-refractivity contribution >= 4 is 32.7 Å². The number of hydrogen-bond acceptors (Lipinski definition) is 3. The van der Waals surface area contributed by atoms with E-state index in [-0.39, 0.29) is 31.2 Å². The molecule has 0 atom stereocenters. The van der Waals surface area contributed by atoms with Gasteiger partial charge in [0.15, 0.2) is 0 Å². The first kappa shape index (κ1) is 27.7. The Morgan fingerprint density at radius 3 is 2.27 bits per heavy atom. The van der Waals surface area contributed by atoms with Gasteiger partial charge in [0.2, 0.25) is 0 Å². The molecule has 0 bridgehead atoms. The van der Waals surface area contributed by atoms with Crippen LogP contribution in [0, 0.1) is 31.3 Å². The molecule has 0 amide bonds. The van der Waals surface area contributed by atoms with E-state index in [1.54, 1.807) is 12.1 Å². The standard InChI is InChI=1S/C35H30NO.C13H12N.Ir/c1-35(2)19-16-25(17-20-35)23-10-12-24(13-11-23)27-18-21-36-32(22-27)31-9-5-8-29-30-15-14-26-6-3-4-7-28(26)33(30)37-34(29)31;1-10-3-6-12(7-4-10)13-8-5-11(2)9-14-13;/h3-8,10-15,18,21-22,25H,16-17,19-20H2,1-2H3;3-6,8-9H,1-2H3;/q2*-1;/i25D;1D3,2D3;. The van der Waals surface area contributed by atoms with Crippen LogP contribution < -0.4 is 0 Å². The fourth-order valence-electron chi connectivity index (χ4n) is 6.96. The van der Waals surface area contributed by atoms with Crippen LogP contribution in [0.1, 0.15) is 71.7 Å². The molecule has 1 saturated carbocycles. The molecule has 8 aromatic rings. The normalized spacial score (nSPS) is 17.2. The predicted molar refractivity (Wildman–Crippen MR) is 212 cm³/mol. The minimum atomic E-state index is -2.18. The van der Waals surface area contributed by atoms with E-state index in [0.717, 1.165) is 81.0 Å². The Bertz CT molecular complexity index is 2670. The smallest absolute Gasteiger partial charge is 0.128 e. The van der Waals surface area contributed by atoms with E-state index < -0.39 is 19.6 Å². The van der Waals surface area contributed by atoms with Crippen molar-refractivity contribution < 1.29 is 34.1 Å². The van der Waals surface area contributed by atoms with Gasteiger partial charge in [0.05, 0.1) is 5.58 Å². The zero-order valence-electron chi connectivity index (χ0n) is 36.1. The maximum Gasteiger partial charge on any atom is 0.128 e. The molecule has 9 rings (SSSR count). The van der Waals surface area contributed by atoms with Crippen LogP contribution >= 0.6 is 0 Å². The summed E-state index contributed by atoms with van der Waals surface area (Å²) in [6.45, 7) is 0.304. The number of aromatic nitrogens is 2. The zero-order chi connectivity index (χ0) is 40.9. The van der Waals surface area contributed by atoms with Gasteiger partial charge in [-0.3, -0.25) is 0 Å². The van der Waals surface area contributed by atoms with E-state index in [0.29, 0.717) is 16.7 Å².